The standard InChI is InChI=1S/C22H15FN4O/c1-26-13-16(12-25-26)14-2-8-20-19(10-14)22-15(11-24-20)3-9-21(28)27(22)18-6-4-17(23)5-7-18/h2-13H,1H3. The zero-order chi connectivity index (χ0) is 19.3. The number of pyridine rings is 2. The van der Waals surface area contributed by atoms with Crippen LogP contribution < -0.4 is 5.56 Å². The van der Waals surface area contributed by atoms with Gasteiger partial charge in [0.25, 0.3) is 5.56 Å². The maximum absolute atomic E-state index is 13.4. The Labute approximate surface area is 159 Å². The summed E-state index contributed by atoms with van der Waals surface area (Å²) < 4.78 is 16.8. The van der Waals surface area contributed by atoms with Gasteiger partial charge in [0.2, 0.25) is 0 Å². The zero-order valence-electron chi connectivity index (χ0n) is 15.0. The molecule has 28 heavy (non-hydrogen) atoms. The first kappa shape index (κ1) is 16.4. The molecule has 0 radical (unpaired) electrons. The summed E-state index contributed by atoms with van der Waals surface area (Å²) in [6.45, 7) is 0. The van der Waals surface area contributed by atoms with Crippen molar-refractivity contribution in [3.8, 4) is 16.8 Å². The predicted octanol–water partition coefficient (Wildman–Crippen LogP) is 4.08. The Balaban J connectivity index is 1.88. The lowest BCUT2D eigenvalue weighted by Crippen LogP contribution is -2.17. The number of fused-ring (bicyclic) bond motifs is 3. The van der Waals surface area contributed by atoms with Gasteiger partial charge in [0.1, 0.15) is 5.82 Å². The van der Waals surface area contributed by atoms with Crippen molar-refractivity contribution >= 4 is 21.8 Å². The summed E-state index contributed by atoms with van der Waals surface area (Å²) in [7, 11) is 1.87. The minimum atomic E-state index is -0.345. The Morgan fingerprint density at radius 2 is 1.75 bits per heavy atom. The lowest BCUT2D eigenvalue weighted by atomic mass is 10.0. The number of hydrogen-bond acceptors (Lipinski definition) is 3. The lowest BCUT2D eigenvalue weighted by Gasteiger charge is -2.13. The molecule has 5 nitrogen and oxygen atoms in total. The van der Waals surface area contributed by atoms with E-state index in [4.69, 9.17) is 0 Å². The van der Waals surface area contributed by atoms with Gasteiger partial charge in [0, 0.05) is 47.5 Å². The smallest absolute Gasteiger partial charge is 0.255 e. The molecule has 0 bridgehead atoms. The Morgan fingerprint density at radius 1 is 0.929 bits per heavy atom. The summed E-state index contributed by atoms with van der Waals surface area (Å²) in [5.74, 6) is -0.345. The lowest BCUT2D eigenvalue weighted by molar-refractivity contribution is 0.627. The van der Waals surface area contributed by atoms with Gasteiger partial charge in [-0.25, -0.2) is 4.39 Å². The Kier molecular flexibility index (Phi) is 3.58. The fourth-order valence-corrected chi connectivity index (χ4v) is 3.51. The van der Waals surface area contributed by atoms with Crippen molar-refractivity contribution in [2.45, 2.75) is 0 Å². The maximum atomic E-state index is 13.4. The van der Waals surface area contributed by atoms with E-state index in [-0.39, 0.29) is 11.4 Å². The fraction of sp³-hybridized carbons (Fsp3) is 0.0455. The van der Waals surface area contributed by atoms with Crippen molar-refractivity contribution in [2.24, 2.45) is 7.05 Å². The summed E-state index contributed by atoms with van der Waals surface area (Å²) in [4.78, 5) is 17.3. The van der Waals surface area contributed by atoms with Crippen molar-refractivity contribution in [1.82, 2.24) is 19.3 Å². The van der Waals surface area contributed by atoms with Crippen LogP contribution in [-0.4, -0.2) is 19.3 Å². The van der Waals surface area contributed by atoms with E-state index in [9.17, 15) is 9.18 Å². The van der Waals surface area contributed by atoms with Gasteiger partial charge in [0.05, 0.1) is 17.2 Å². The number of nitrogens with zero attached hydrogens (tertiary/aromatic N) is 4. The first-order valence-electron chi connectivity index (χ1n) is 8.80. The first-order valence-corrected chi connectivity index (χ1v) is 8.80. The number of rotatable bonds is 2. The van der Waals surface area contributed by atoms with E-state index in [1.165, 1.54) is 18.2 Å². The average molecular weight is 370 g/mol. The Hall–Kier alpha value is -3.80. The molecule has 0 saturated heterocycles. The van der Waals surface area contributed by atoms with Crippen LogP contribution in [0.15, 0.2) is 78.0 Å². The molecule has 136 valence electrons. The molecular formula is C22H15FN4O. The largest absolute Gasteiger partial charge is 0.276 e. The van der Waals surface area contributed by atoms with E-state index in [2.05, 4.69) is 10.1 Å². The molecule has 0 N–H and O–H groups in total. The van der Waals surface area contributed by atoms with Crippen LogP contribution in [0.5, 0.6) is 0 Å². The molecule has 5 aromatic rings. The quantitative estimate of drug-likeness (QED) is 0.440. The molecule has 0 amide bonds. The molecule has 0 saturated carbocycles. The van der Waals surface area contributed by atoms with Crippen molar-refractivity contribution < 1.29 is 4.39 Å². The normalized spacial score (nSPS) is 11.4. The van der Waals surface area contributed by atoms with E-state index < -0.39 is 0 Å². The third kappa shape index (κ3) is 2.58. The molecule has 0 atom stereocenters. The van der Waals surface area contributed by atoms with E-state index in [0.717, 1.165) is 32.9 Å². The van der Waals surface area contributed by atoms with Crippen molar-refractivity contribution in [2.75, 3.05) is 0 Å². The number of halogens is 1. The number of aryl methyl sites for hydroxylation is 1. The molecule has 0 fully saturated rings. The minimum absolute atomic E-state index is 0.182. The molecular weight excluding hydrogens is 355 g/mol. The molecule has 0 aliphatic carbocycles. The van der Waals surface area contributed by atoms with Crippen LogP contribution in [0.1, 0.15) is 0 Å². The monoisotopic (exact) mass is 370 g/mol. The van der Waals surface area contributed by atoms with Gasteiger partial charge >= 0.3 is 0 Å². The van der Waals surface area contributed by atoms with Crippen molar-refractivity contribution in [3.63, 3.8) is 0 Å². The Morgan fingerprint density at radius 3 is 2.50 bits per heavy atom. The molecule has 0 spiro atoms. The highest BCUT2D eigenvalue weighted by atomic mass is 19.1. The maximum Gasteiger partial charge on any atom is 0.255 e. The molecule has 3 aromatic heterocycles. The topological polar surface area (TPSA) is 52.7 Å². The summed E-state index contributed by atoms with van der Waals surface area (Å²) >= 11 is 0. The summed E-state index contributed by atoms with van der Waals surface area (Å²) in [6.07, 6.45) is 5.49. The number of aromatic nitrogens is 4. The van der Waals surface area contributed by atoms with E-state index in [1.807, 2.05) is 31.4 Å². The second-order valence-corrected chi connectivity index (χ2v) is 6.68. The SMILES string of the molecule is Cn1cc(-c2ccc3ncc4ccc(=O)n(-c5ccc(F)cc5)c4c3c2)cn1. The second-order valence-electron chi connectivity index (χ2n) is 6.68. The minimum Gasteiger partial charge on any atom is -0.276 e. The van der Waals surface area contributed by atoms with Gasteiger partial charge < -0.3 is 0 Å². The fourth-order valence-electron chi connectivity index (χ4n) is 3.51. The van der Waals surface area contributed by atoms with E-state index in [1.54, 1.807) is 39.8 Å². The molecule has 5 rings (SSSR count). The van der Waals surface area contributed by atoms with Gasteiger partial charge in [-0.15, -0.1) is 0 Å². The highest BCUT2D eigenvalue weighted by molar-refractivity contribution is 6.05. The average Bonchev–Trinajstić information content (AvgIpc) is 3.14. The highest BCUT2D eigenvalue weighted by Crippen LogP contribution is 2.29. The molecule has 2 aromatic carbocycles. The van der Waals surface area contributed by atoms with Crippen molar-refractivity contribution in [3.05, 3.63) is 89.4 Å². The molecule has 3 heterocycles. The highest BCUT2D eigenvalue weighted by Gasteiger charge is 2.12. The Bertz CT molecular complexity index is 1400. The van der Waals surface area contributed by atoms with Crippen LogP contribution in [-0.2, 0) is 7.05 Å². The summed E-state index contributed by atoms with van der Waals surface area (Å²) in [5.41, 5.74) is 3.91. The third-order valence-electron chi connectivity index (χ3n) is 4.84. The summed E-state index contributed by atoms with van der Waals surface area (Å²) in [6, 6.07) is 15.1. The van der Waals surface area contributed by atoms with Crippen LogP contribution in [0.4, 0.5) is 4.39 Å². The van der Waals surface area contributed by atoms with Gasteiger partial charge in [-0.2, -0.15) is 5.10 Å². The molecule has 6 heteroatoms. The first-order chi connectivity index (χ1) is 13.6. The second kappa shape index (κ2) is 6.13. The van der Waals surface area contributed by atoms with Gasteiger partial charge in [-0.1, -0.05) is 6.07 Å². The van der Waals surface area contributed by atoms with Gasteiger partial charge in [-0.05, 0) is 48.0 Å². The van der Waals surface area contributed by atoms with Crippen LogP contribution in [0.2, 0.25) is 0 Å². The van der Waals surface area contributed by atoms with E-state index in [0.29, 0.717) is 5.69 Å². The van der Waals surface area contributed by atoms with Gasteiger partial charge in [0.15, 0.2) is 0 Å². The number of benzene rings is 2. The van der Waals surface area contributed by atoms with Crippen LogP contribution in [0, 0.1) is 5.82 Å². The van der Waals surface area contributed by atoms with Crippen LogP contribution in [0.25, 0.3) is 38.6 Å². The summed E-state index contributed by atoms with van der Waals surface area (Å²) in [5, 5.41) is 5.91. The van der Waals surface area contributed by atoms with Crippen molar-refractivity contribution in [1.29, 1.82) is 0 Å². The van der Waals surface area contributed by atoms with Gasteiger partial charge in [-0.3, -0.25) is 19.0 Å². The third-order valence-corrected chi connectivity index (χ3v) is 4.84. The molecule has 0 aliphatic rings. The molecule has 0 aliphatic heterocycles. The van der Waals surface area contributed by atoms with Crippen LogP contribution in [0.3, 0.4) is 0 Å². The zero-order valence-corrected chi connectivity index (χ0v) is 15.0. The van der Waals surface area contributed by atoms with Crippen LogP contribution >= 0.6 is 0 Å². The molecule has 0 unspecified atom stereocenters. The van der Waals surface area contributed by atoms with E-state index >= 15 is 0 Å². The number of hydrogen-bond donors (Lipinski definition) is 0. The predicted molar refractivity (Wildman–Crippen MR) is 107 cm³/mol.